The van der Waals surface area contributed by atoms with Crippen LogP contribution in [-0.4, -0.2) is 4.57 Å². The lowest BCUT2D eigenvalue weighted by atomic mass is 9.98. The molecule has 0 atom stereocenters. The highest BCUT2D eigenvalue weighted by molar-refractivity contribution is 7.25. The molecule has 10 rings (SSSR count). The first-order valence-electron chi connectivity index (χ1n) is 17.9. The normalized spacial score (nSPS) is 12.3. The molecule has 2 nitrogen and oxygen atoms in total. The van der Waals surface area contributed by atoms with Crippen LogP contribution in [-0.2, 0) is 0 Å². The molecule has 8 aromatic carbocycles. The van der Waals surface area contributed by atoms with Crippen LogP contribution in [0.25, 0.3) is 80.4 Å². The number of hydrogen-bond acceptors (Lipinski definition) is 2. The van der Waals surface area contributed by atoms with Crippen LogP contribution in [0.15, 0.2) is 195 Å². The van der Waals surface area contributed by atoms with Gasteiger partial charge in [-0.1, -0.05) is 134 Å². The highest BCUT2D eigenvalue weighted by atomic mass is 32.1. The molecule has 0 bridgehead atoms. The molecule has 0 radical (unpaired) electrons. The van der Waals surface area contributed by atoms with Crippen LogP contribution in [0.5, 0.6) is 0 Å². The molecule has 0 aliphatic heterocycles. The average Bonchev–Trinajstić information content (AvgIpc) is 3.74. The molecule has 0 unspecified atom stereocenters. The number of hydrogen-bond donors (Lipinski definition) is 1. The van der Waals surface area contributed by atoms with E-state index in [2.05, 4.69) is 199 Å². The minimum Gasteiger partial charge on any atom is -0.361 e. The van der Waals surface area contributed by atoms with Gasteiger partial charge in [-0.05, 0) is 87.7 Å². The molecule has 1 N–H and O–H groups in total. The first-order chi connectivity index (χ1) is 26.2. The van der Waals surface area contributed by atoms with Crippen LogP contribution in [0.4, 0.5) is 5.69 Å². The van der Waals surface area contributed by atoms with Crippen molar-refractivity contribution in [2.24, 2.45) is 0 Å². The summed E-state index contributed by atoms with van der Waals surface area (Å²) in [6, 6.07) is 61.1. The van der Waals surface area contributed by atoms with Crippen LogP contribution >= 0.6 is 11.3 Å². The van der Waals surface area contributed by atoms with Crippen molar-refractivity contribution in [3.8, 4) is 5.69 Å². The van der Waals surface area contributed by atoms with Gasteiger partial charge < -0.3 is 9.88 Å². The number of rotatable bonds is 7. The number of allylic oxidation sites excluding steroid dienone is 4. The Labute approximate surface area is 311 Å². The number of aromatic nitrogens is 1. The minimum absolute atomic E-state index is 0.959. The second-order valence-electron chi connectivity index (χ2n) is 13.5. The molecule has 3 heteroatoms. The van der Waals surface area contributed by atoms with E-state index in [9.17, 15) is 0 Å². The summed E-state index contributed by atoms with van der Waals surface area (Å²) >= 11 is 1.87. The van der Waals surface area contributed by atoms with Gasteiger partial charge in [0.25, 0.3) is 0 Å². The molecule has 0 fully saturated rings. The third kappa shape index (κ3) is 5.42. The number of anilines is 1. The molecular formula is C50H34N2S. The van der Waals surface area contributed by atoms with Crippen molar-refractivity contribution in [1.29, 1.82) is 0 Å². The third-order valence-corrected chi connectivity index (χ3v) is 11.5. The monoisotopic (exact) mass is 694 g/mol. The Morgan fingerprint density at radius 1 is 0.509 bits per heavy atom. The van der Waals surface area contributed by atoms with Gasteiger partial charge in [0.15, 0.2) is 0 Å². The summed E-state index contributed by atoms with van der Waals surface area (Å²) in [5.74, 6) is 0. The van der Waals surface area contributed by atoms with Crippen molar-refractivity contribution in [2.75, 3.05) is 5.32 Å². The van der Waals surface area contributed by atoms with Crippen molar-refractivity contribution < 1.29 is 0 Å². The molecule has 0 aliphatic rings. The van der Waals surface area contributed by atoms with Crippen molar-refractivity contribution in [3.63, 3.8) is 0 Å². The summed E-state index contributed by atoms with van der Waals surface area (Å²) < 4.78 is 5.08. The van der Waals surface area contributed by atoms with E-state index in [1.54, 1.807) is 0 Å². The molecule has 0 spiro atoms. The molecule has 53 heavy (non-hydrogen) atoms. The summed E-state index contributed by atoms with van der Waals surface area (Å²) in [6.07, 6.45) is 6.42. The molecular weight excluding hydrogens is 661 g/mol. The van der Waals surface area contributed by atoms with E-state index in [1.807, 2.05) is 17.4 Å². The second kappa shape index (κ2) is 12.8. The van der Waals surface area contributed by atoms with Gasteiger partial charge in [0.05, 0.1) is 16.7 Å². The van der Waals surface area contributed by atoms with Crippen LogP contribution in [0.2, 0.25) is 0 Å². The van der Waals surface area contributed by atoms with Gasteiger partial charge in [0, 0.05) is 53.6 Å². The van der Waals surface area contributed by atoms with Crippen molar-refractivity contribution in [1.82, 2.24) is 4.57 Å². The van der Waals surface area contributed by atoms with Gasteiger partial charge in [-0.25, -0.2) is 0 Å². The maximum absolute atomic E-state index is 4.50. The van der Waals surface area contributed by atoms with E-state index < -0.39 is 0 Å². The number of benzene rings is 8. The zero-order valence-corrected chi connectivity index (χ0v) is 29.8. The summed E-state index contributed by atoms with van der Waals surface area (Å²) in [4.78, 5) is 0. The summed E-state index contributed by atoms with van der Waals surface area (Å²) in [5.41, 5.74) is 8.89. The van der Waals surface area contributed by atoms with Gasteiger partial charge >= 0.3 is 0 Å². The predicted octanol–water partition coefficient (Wildman–Crippen LogP) is 14.2. The number of fused-ring (bicyclic) bond motifs is 8. The minimum atomic E-state index is 0.959. The van der Waals surface area contributed by atoms with E-state index in [0.29, 0.717) is 0 Å². The maximum Gasteiger partial charge on any atom is 0.0548 e. The molecule has 0 aliphatic carbocycles. The quantitative estimate of drug-likeness (QED) is 0.164. The SMILES string of the molecule is C=C(/C=C(\C=C/Nc1cccc2ccccc12)c1ccc2c(c1)c1cc3sc4ccccc4c3cc1n2-c1cccc2ccccc12)c1ccccc1. The van der Waals surface area contributed by atoms with E-state index in [4.69, 9.17) is 0 Å². The number of nitrogens with one attached hydrogen (secondary N) is 1. The third-order valence-electron chi connectivity index (χ3n) is 10.4. The highest BCUT2D eigenvalue weighted by Gasteiger charge is 2.18. The Bertz CT molecular complexity index is 3090. The van der Waals surface area contributed by atoms with Crippen molar-refractivity contribution >= 4 is 91.7 Å². The van der Waals surface area contributed by atoms with E-state index >= 15 is 0 Å². The standard InChI is InChI=1S/C50H34N2S/c1-33(34-13-3-2-4-14-34)29-38(27-28-51-45-22-11-17-35-15-5-7-19-39(35)45)37-25-26-47-42(30-37)43-32-50-44(41-21-9-10-24-49(41)53-50)31-48(43)52(47)46-23-12-18-36-16-6-8-20-40(36)46/h2-32,51H,1H2/b28-27-,38-29+. The van der Waals surface area contributed by atoms with E-state index in [1.165, 1.54) is 69.2 Å². The molecule has 10 aromatic rings. The average molecular weight is 695 g/mol. The largest absolute Gasteiger partial charge is 0.361 e. The Hall–Kier alpha value is -6.68. The van der Waals surface area contributed by atoms with Crippen LogP contribution < -0.4 is 5.32 Å². The Morgan fingerprint density at radius 3 is 2.04 bits per heavy atom. The molecule has 0 saturated carbocycles. The van der Waals surface area contributed by atoms with Crippen molar-refractivity contribution in [2.45, 2.75) is 0 Å². The fourth-order valence-corrected chi connectivity index (χ4v) is 8.93. The lowest BCUT2D eigenvalue weighted by molar-refractivity contribution is 1.20. The van der Waals surface area contributed by atoms with Gasteiger partial charge in [-0.3, -0.25) is 0 Å². The fourth-order valence-electron chi connectivity index (χ4n) is 7.80. The van der Waals surface area contributed by atoms with Crippen LogP contribution in [0.1, 0.15) is 11.1 Å². The lowest BCUT2D eigenvalue weighted by Crippen LogP contribution is -1.95. The molecule has 2 heterocycles. The lowest BCUT2D eigenvalue weighted by Gasteiger charge is -2.12. The smallest absolute Gasteiger partial charge is 0.0548 e. The zero-order chi connectivity index (χ0) is 35.3. The summed E-state index contributed by atoms with van der Waals surface area (Å²) in [6.45, 7) is 4.50. The molecule has 250 valence electrons. The highest BCUT2D eigenvalue weighted by Crippen LogP contribution is 2.42. The van der Waals surface area contributed by atoms with E-state index in [-0.39, 0.29) is 0 Å². The Morgan fingerprint density at radius 2 is 1.19 bits per heavy atom. The maximum atomic E-state index is 4.50. The zero-order valence-electron chi connectivity index (χ0n) is 29.0. The Balaban J connectivity index is 1.19. The van der Waals surface area contributed by atoms with Crippen molar-refractivity contribution in [3.05, 3.63) is 206 Å². The van der Waals surface area contributed by atoms with Gasteiger partial charge in [0.1, 0.15) is 0 Å². The van der Waals surface area contributed by atoms with Crippen LogP contribution in [0.3, 0.4) is 0 Å². The van der Waals surface area contributed by atoms with Gasteiger partial charge in [0.2, 0.25) is 0 Å². The number of nitrogens with zero attached hydrogens (tertiary/aromatic N) is 1. The molecule has 0 amide bonds. The summed E-state index contributed by atoms with van der Waals surface area (Å²) in [5, 5.41) is 13.5. The van der Waals surface area contributed by atoms with Gasteiger partial charge in [-0.2, -0.15) is 0 Å². The second-order valence-corrected chi connectivity index (χ2v) is 14.6. The van der Waals surface area contributed by atoms with E-state index in [0.717, 1.165) is 28.0 Å². The first-order valence-corrected chi connectivity index (χ1v) is 18.8. The first kappa shape index (κ1) is 31.1. The van der Waals surface area contributed by atoms with Crippen LogP contribution in [0, 0.1) is 0 Å². The van der Waals surface area contributed by atoms with Gasteiger partial charge in [-0.15, -0.1) is 11.3 Å². The fraction of sp³-hybridized carbons (Fsp3) is 0. The molecule has 0 saturated heterocycles. The summed E-state index contributed by atoms with van der Waals surface area (Å²) in [7, 11) is 0. The molecule has 2 aromatic heterocycles. The topological polar surface area (TPSA) is 17.0 Å². The number of thiophene rings is 1. The predicted molar refractivity (Wildman–Crippen MR) is 231 cm³/mol. The Kier molecular flexibility index (Phi) is 7.52.